The van der Waals surface area contributed by atoms with Gasteiger partial charge >= 0.3 is 5.91 Å². The number of carbonyl (C=O) groups excluding carboxylic acids is 1. The monoisotopic (exact) mass is 445 g/mol. The molecule has 0 saturated carbocycles. The summed E-state index contributed by atoms with van der Waals surface area (Å²) in [6.45, 7) is 0.138. The van der Waals surface area contributed by atoms with Crippen LogP contribution in [0.15, 0.2) is 82.3 Å². The first-order valence-electron chi connectivity index (χ1n) is 9.89. The van der Waals surface area contributed by atoms with Gasteiger partial charge in [0.15, 0.2) is 17.3 Å². The van der Waals surface area contributed by atoms with Crippen LogP contribution in [0.25, 0.3) is 11.0 Å². The summed E-state index contributed by atoms with van der Waals surface area (Å²) in [5, 5.41) is 15.7. The first-order chi connectivity index (χ1) is 16.0. The first kappa shape index (κ1) is 21.6. The van der Waals surface area contributed by atoms with Crippen LogP contribution >= 0.6 is 0 Å². The maximum atomic E-state index is 12.3. The molecule has 0 fully saturated rings. The van der Waals surface area contributed by atoms with Gasteiger partial charge in [0.25, 0.3) is 5.69 Å². The molecule has 166 valence electrons. The van der Waals surface area contributed by atoms with E-state index in [-0.39, 0.29) is 18.1 Å². The van der Waals surface area contributed by atoms with E-state index in [2.05, 4.69) is 10.5 Å². The van der Waals surface area contributed by atoms with Gasteiger partial charge in [-0.1, -0.05) is 30.3 Å². The molecule has 3 aromatic carbocycles. The highest BCUT2D eigenvalue weighted by Gasteiger charge is 2.12. The molecule has 4 rings (SSSR count). The molecule has 0 unspecified atom stereocenters. The van der Waals surface area contributed by atoms with Gasteiger partial charge in [-0.15, -0.1) is 0 Å². The van der Waals surface area contributed by atoms with Crippen LogP contribution in [0.1, 0.15) is 21.7 Å². The number of nitrogens with zero attached hydrogens (tertiary/aromatic N) is 2. The predicted octanol–water partition coefficient (Wildman–Crippen LogP) is 4.69. The SMILES string of the molecule is COc1cc(/C=N/NC(=O)c2cc3ccccc3o2)ccc1OCc1cccc([N+](=O)[O-])c1. The van der Waals surface area contributed by atoms with Gasteiger partial charge in [0.05, 0.1) is 18.2 Å². The number of ether oxygens (including phenoxy) is 2. The van der Waals surface area contributed by atoms with Crippen LogP contribution in [0.3, 0.4) is 0 Å². The Morgan fingerprint density at radius 1 is 1.09 bits per heavy atom. The smallest absolute Gasteiger partial charge is 0.307 e. The van der Waals surface area contributed by atoms with E-state index in [1.54, 1.807) is 42.5 Å². The third-order valence-electron chi connectivity index (χ3n) is 4.73. The topological polar surface area (TPSA) is 116 Å². The number of hydrazone groups is 1. The lowest BCUT2D eigenvalue weighted by Crippen LogP contribution is -2.16. The molecule has 0 bridgehead atoms. The van der Waals surface area contributed by atoms with Gasteiger partial charge in [-0.3, -0.25) is 14.9 Å². The van der Waals surface area contributed by atoms with E-state index in [0.717, 1.165) is 5.39 Å². The Bertz CT molecular complexity index is 1310. The summed E-state index contributed by atoms with van der Waals surface area (Å²) in [7, 11) is 1.50. The number of hydrogen-bond donors (Lipinski definition) is 1. The average Bonchev–Trinajstić information content (AvgIpc) is 3.27. The van der Waals surface area contributed by atoms with Gasteiger partial charge in [0.1, 0.15) is 12.2 Å². The predicted molar refractivity (Wildman–Crippen MR) is 122 cm³/mol. The third-order valence-corrected chi connectivity index (χ3v) is 4.73. The number of nitrogens with one attached hydrogen (secondary N) is 1. The number of nitro groups is 1. The number of carbonyl (C=O) groups is 1. The van der Waals surface area contributed by atoms with Crippen molar-refractivity contribution in [2.24, 2.45) is 5.10 Å². The summed E-state index contributed by atoms with van der Waals surface area (Å²) < 4.78 is 16.6. The fourth-order valence-corrected chi connectivity index (χ4v) is 3.12. The summed E-state index contributed by atoms with van der Waals surface area (Å²) in [6, 6.07) is 20.3. The Balaban J connectivity index is 1.39. The van der Waals surface area contributed by atoms with Crippen LogP contribution < -0.4 is 14.9 Å². The highest BCUT2D eigenvalue weighted by molar-refractivity contribution is 5.96. The van der Waals surface area contributed by atoms with E-state index < -0.39 is 10.8 Å². The standard InChI is InChI=1S/C24H19N3O6/c1-31-22-12-16(9-10-21(22)32-15-17-5-4-7-19(11-17)27(29)30)14-25-26-24(28)23-13-18-6-2-3-8-20(18)33-23/h2-14H,15H2,1H3,(H,26,28)/b25-14+. The number of hydrogen-bond acceptors (Lipinski definition) is 7. The van der Waals surface area contributed by atoms with Gasteiger partial charge in [-0.05, 0) is 41.5 Å². The van der Waals surface area contributed by atoms with Crippen molar-refractivity contribution in [1.82, 2.24) is 5.43 Å². The molecule has 0 aliphatic heterocycles. The van der Waals surface area contributed by atoms with E-state index in [9.17, 15) is 14.9 Å². The second-order valence-electron chi connectivity index (χ2n) is 6.97. The number of furan rings is 1. The average molecular weight is 445 g/mol. The third kappa shape index (κ3) is 5.16. The molecule has 9 nitrogen and oxygen atoms in total. The lowest BCUT2D eigenvalue weighted by Gasteiger charge is -2.11. The van der Waals surface area contributed by atoms with Crippen LogP contribution in [0.4, 0.5) is 5.69 Å². The van der Waals surface area contributed by atoms with Crippen LogP contribution in [-0.2, 0) is 6.61 Å². The Morgan fingerprint density at radius 2 is 1.94 bits per heavy atom. The highest BCUT2D eigenvalue weighted by Crippen LogP contribution is 2.28. The fourth-order valence-electron chi connectivity index (χ4n) is 3.12. The normalized spacial score (nSPS) is 10.9. The highest BCUT2D eigenvalue weighted by atomic mass is 16.6. The van der Waals surface area contributed by atoms with E-state index in [0.29, 0.717) is 28.2 Å². The molecule has 0 radical (unpaired) electrons. The first-order valence-corrected chi connectivity index (χ1v) is 9.89. The van der Waals surface area contributed by atoms with Crippen LogP contribution in [0, 0.1) is 10.1 Å². The summed E-state index contributed by atoms with van der Waals surface area (Å²) in [4.78, 5) is 22.7. The molecule has 0 saturated heterocycles. The fraction of sp³-hybridized carbons (Fsp3) is 0.0833. The van der Waals surface area contributed by atoms with Crippen molar-refractivity contribution in [3.8, 4) is 11.5 Å². The minimum absolute atomic E-state index is 0.000631. The second kappa shape index (κ2) is 9.65. The zero-order chi connectivity index (χ0) is 23.2. The quantitative estimate of drug-likeness (QED) is 0.239. The summed E-state index contributed by atoms with van der Waals surface area (Å²) in [6.07, 6.45) is 1.47. The van der Waals surface area contributed by atoms with Crippen molar-refractivity contribution in [3.63, 3.8) is 0 Å². The van der Waals surface area contributed by atoms with Gasteiger partial charge in [-0.2, -0.15) is 5.10 Å². The molecule has 9 heteroatoms. The van der Waals surface area contributed by atoms with E-state index in [1.807, 2.05) is 18.2 Å². The number of rotatable bonds is 8. The van der Waals surface area contributed by atoms with Crippen molar-refractivity contribution in [3.05, 3.63) is 99.8 Å². The van der Waals surface area contributed by atoms with Gasteiger partial charge in [-0.25, -0.2) is 5.43 Å². The maximum absolute atomic E-state index is 12.3. The largest absolute Gasteiger partial charge is 0.493 e. The van der Waals surface area contributed by atoms with Crippen LogP contribution in [0.2, 0.25) is 0 Å². The summed E-state index contributed by atoms with van der Waals surface area (Å²) in [5.74, 6) is 0.614. The Hall–Kier alpha value is -4.66. The summed E-state index contributed by atoms with van der Waals surface area (Å²) in [5.41, 5.74) is 4.38. The number of amides is 1. The lowest BCUT2D eigenvalue weighted by molar-refractivity contribution is -0.384. The number of benzene rings is 3. The molecule has 0 spiro atoms. The molecule has 1 aromatic heterocycles. The minimum Gasteiger partial charge on any atom is -0.493 e. The Labute approximate surface area is 188 Å². The van der Waals surface area contributed by atoms with Crippen molar-refractivity contribution < 1.29 is 23.6 Å². The number of methoxy groups -OCH3 is 1. The van der Waals surface area contributed by atoms with Crippen LogP contribution in [0.5, 0.6) is 11.5 Å². The van der Waals surface area contributed by atoms with E-state index in [1.165, 1.54) is 25.5 Å². The number of non-ortho nitro benzene ring substituents is 1. The number of nitro benzene ring substituents is 1. The molecule has 4 aromatic rings. The Kier molecular flexibility index (Phi) is 6.31. The Morgan fingerprint density at radius 3 is 2.73 bits per heavy atom. The summed E-state index contributed by atoms with van der Waals surface area (Å²) >= 11 is 0. The molecule has 0 aliphatic carbocycles. The zero-order valence-corrected chi connectivity index (χ0v) is 17.6. The van der Waals surface area contributed by atoms with Gasteiger partial charge < -0.3 is 13.9 Å². The second-order valence-corrected chi connectivity index (χ2v) is 6.97. The minimum atomic E-state index is -0.466. The van der Waals surface area contributed by atoms with Crippen molar-refractivity contribution >= 4 is 28.8 Å². The number of para-hydroxylation sites is 1. The molecule has 1 amide bonds. The number of fused-ring (bicyclic) bond motifs is 1. The molecule has 33 heavy (non-hydrogen) atoms. The molecule has 1 heterocycles. The van der Waals surface area contributed by atoms with Gasteiger partial charge in [0.2, 0.25) is 0 Å². The molecule has 0 aliphatic rings. The maximum Gasteiger partial charge on any atom is 0.307 e. The van der Waals surface area contributed by atoms with Crippen molar-refractivity contribution in [2.75, 3.05) is 7.11 Å². The molecule has 1 N–H and O–H groups in total. The van der Waals surface area contributed by atoms with E-state index >= 15 is 0 Å². The lowest BCUT2D eigenvalue weighted by atomic mass is 10.2. The van der Waals surface area contributed by atoms with Gasteiger partial charge in [0, 0.05) is 17.5 Å². The molecule has 0 atom stereocenters. The van der Waals surface area contributed by atoms with Crippen LogP contribution in [-0.4, -0.2) is 24.2 Å². The van der Waals surface area contributed by atoms with Crippen molar-refractivity contribution in [2.45, 2.75) is 6.61 Å². The van der Waals surface area contributed by atoms with E-state index in [4.69, 9.17) is 13.9 Å². The zero-order valence-electron chi connectivity index (χ0n) is 17.6. The van der Waals surface area contributed by atoms with Crippen molar-refractivity contribution in [1.29, 1.82) is 0 Å². The molecular weight excluding hydrogens is 426 g/mol. The molecular formula is C24H19N3O6.